The lowest BCUT2D eigenvalue weighted by atomic mass is 9.99. The molecule has 0 unspecified atom stereocenters. The lowest BCUT2D eigenvalue weighted by molar-refractivity contribution is 1.35. The number of aromatic nitrogens is 1. The Morgan fingerprint density at radius 1 is 0.536 bits per heavy atom. The number of benzene rings is 5. The minimum absolute atomic E-state index is 1.12. The molecule has 2 aromatic heterocycles. The zero-order chi connectivity index (χ0) is 18.4. The van der Waals surface area contributed by atoms with Gasteiger partial charge in [-0.05, 0) is 45.8 Å². The van der Waals surface area contributed by atoms with Crippen molar-refractivity contribution in [3.8, 4) is 0 Å². The van der Waals surface area contributed by atoms with Crippen LogP contribution in [0.15, 0.2) is 89.4 Å². The highest BCUT2D eigenvalue weighted by molar-refractivity contribution is 9.10. The van der Waals surface area contributed by atoms with Crippen LogP contribution in [0, 0.1) is 0 Å². The maximum atomic E-state index is 3.79. The van der Waals surface area contributed by atoms with Gasteiger partial charge in [0.05, 0.1) is 16.6 Å². The van der Waals surface area contributed by atoms with Crippen molar-refractivity contribution in [2.75, 3.05) is 0 Å². The lowest BCUT2D eigenvalue weighted by Crippen LogP contribution is -1.92. The molecule has 0 aliphatic carbocycles. The Kier molecular flexibility index (Phi) is 2.68. The van der Waals surface area contributed by atoms with Crippen molar-refractivity contribution in [1.29, 1.82) is 0 Å². The first kappa shape index (κ1) is 14.9. The van der Waals surface area contributed by atoms with E-state index in [-0.39, 0.29) is 0 Å². The van der Waals surface area contributed by atoms with E-state index in [0.717, 1.165) is 4.47 Å². The Bertz CT molecular complexity index is 1720. The summed E-state index contributed by atoms with van der Waals surface area (Å²) in [5.41, 5.74) is 3.86. The summed E-state index contributed by atoms with van der Waals surface area (Å²) >= 11 is 3.79. The molecule has 0 atom stereocenters. The van der Waals surface area contributed by atoms with Gasteiger partial charge in [-0.1, -0.05) is 76.6 Å². The summed E-state index contributed by atoms with van der Waals surface area (Å²) in [6.45, 7) is 0. The van der Waals surface area contributed by atoms with E-state index in [1.165, 1.54) is 59.6 Å². The van der Waals surface area contributed by atoms with Crippen LogP contribution in [0.3, 0.4) is 0 Å². The van der Waals surface area contributed by atoms with Gasteiger partial charge >= 0.3 is 0 Å². The number of pyridine rings is 1. The molecule has 2 heterocycles. The molecule has 1 nitrogen and oxygen atoms in total. The van der Waals surface area contributed by atoms with E-state index in [1.54, 1.807) is 0 Å². The SMILES string of the molecule is Brc1cc2c3cccc4cccc(c43)n3c4ccc5ccccc5c4c(c1)c23. The van der Waals surface area contributed by atoms with Gasteiger partial charge in [0, 0.05) is 26.0 Å². The van der Waals surface area contributed by atoms with E-state index in [2.05, 4.69) is 105 Å². The molecule has 0 N–H and O–H groups in total. The molecule has 0 radical (unpaired) electrons. The molecule has 0 bridgehead atoms. The molecule has 0 saturated heterocycles. The van der Waals surface area contributed by atoms with Crippen molar-refractivity contribution in [2.45, 2.75) is 0 Å². The molecule has 0 saturated carbocycles. The Labute approximate surface area is 169 Å². The first-order chi connectivity index (χ1) is 13.8. The number of nitrogens with zero attached hydrogens (tertiary/aromatic N) is 1. The fourth-order valence-electron chi connectivity index (χ4n) is 5.07. The first-order valence-electron chi connectivity index (χ1n) is 9.49. The van der Waals surface area contributed by atoms with Crippen molar-refractivity contribution < 1.29 is 0 Å². The number of fused-ring (bicyclic) bond motifs is 7. The second-order valence-corrected chi connectivity index (χ2v) is 8.46. The molecule has 2 heteroatoms. The highest BCUT2D eigenvalue weighted by Crippen LogP contribution is 2.43. The molecule has 0 amide bonds. The zero-order valence-corrected chi connectivity index (χ0v) is 16.5. The van der Waals surface area contributed by atoms with E-state index < -0.39 is 0 Å². The van der Waals surface area contributed by atoms with Crippen molar-refractivity contribution in [1.82, 2.24) is 4.40 Å². The molecule has 5 aromatic carbocycles. The van der Waals surface area contributed by atoms with Gasteiger partial charge in [0.25, 0.3) is 0 Å². The monoisotopic (exact) mass is 419 g/mol. The van der Waals surface area contributed by atoms with Gasteiger partial charge < -0.3 is 4.40 Å². The second kappa shape index (κ2) is 5.03. The molecular weight excluding hydrogens is 406 g/mol. The molecule has 7 rings (SSSR count). The molecule has 0 spiro atoms. The van der Waals surface area contributed by atoms with Gasteiger partial charge in [0.15, 0.2) is 0 Å². The van der Waals surface area contributed by atoms with E-state index in [1.807, 2.05) is 0 Å². The molecular formula is C26H14BrN. The Balaban J connectivity index is 1.97. The molecule has 28 heavy (non-hydrogen) atoms. The molecule has 7 aromatic rings. The fraction of sp³-hybridized carbons (Fsp3) is 0. The van der Waals surface area contributed by atoms with Gasteiger partial charge in [-0.2, -0.15) is 0 Å². The summed E-state index contributed by atoms with van der Waals surface area (Å²) in [6.07, 6.45) is 0. The quantitative estimate of drug-likeness (QED) is 0.173. The van der Waals surface area contributed by atoms with Gasteiger partial charge in [-0.3, -0.25) is 0 Å². The maximum Gasteiger partial charge on any atom is 0.0620 e. The van der Waals surface area contributed by atoms with Crippen LogP contribution < -0.4 is 0 Å². The second-order valence-electron chi connectivity index (χ2n) is 7.55. The predicted molar refractivity (Wildman–Crippen MR) is 124 cm³/mol. The van der Waals surface area contributed by atoms with Crippen LogP contribution in [0.5, 0.6) is 0 Å². The molecule has 130 valence electrons. The van der Waals surface area contributed by atoms with Gasteiger partial charge in [0.2, 0.25) is 0 Å². The minimum atomic E-state index is 1.12. The Morgan fingerprint density at radius 2 is 1.25 bits per heavy atom. The van der Waals surface area contributed by atoms with Gasteiger partial charge in [0.1, 0.15) is 0 Å². The Hall–Kier alpha value is -3.10. The van der Waals surface area contributed by atoms with Crippen LogP contribution in [0.4, 0.5) is 0 Å². The van der Waals surface area contributed by atoms with Crippen molar-refractivity contribution in [3.05, 3.63) is 89.4 Å². The van der Waals surface area contributed by atoms with E-state index in [9.17, 15) is 0 Å². The van der Waals surface area contributed by atoms with E-state index >= 15 is 0 Å². The summed E-state index contributed by atoms with van der Waals surface area (Å²) in [5.74, 6) is 0. The average Bonchev–Trinajstić information content (AvgIpc) is 3.07. The summed E-state index contributed by atoms with van der Waals surface area (Å²) in [7, 11) is 0. The van der Waals surface area contributed by atoms with Crippen LogP contribution >= 0.6 is 15.9 Å². The third-order valence-electron chi connectivity index (χ3n) is 6.13. The first-order valence-corrected chi connectivity index (χ1v) is 10.3. The summed E-state index contributed by atoms with van der Waals surface area (Å²) in [5, 5.41) is 10.5. The van der Waals surface area contributed by atoms with Crippen LogP contribution in [-0.2, 0) is 0 Å². The topological polar surface area (TPSA) is 4.41 Å². The summed E-state index contributed by atoms with van der Waals surface area (Å²) in [4.78, 5) is 0. The molecule has 0 aliphatic heterocycles. The van der Waals surface area contributed by atoms with Crippen LogP contribution in [0.2, 0.25) is 0 Å². The van der Waals surface area contributed by atoms with Crippen LogP contribution in [0.1, 0.15) is 0 Å². The highest BCUT2D eigenvalue weighted by atomic mass is 79.9. The average molecular weight is 420 g/mol. The minimum Gasteiger partial charge on any atom is -0.308 e. The highest BCUT2D eigenvalue weighted by Gasteiger charge is 2.19. The standard InChI is InChI=1S/C26H14BrN/c27-17-13-20-19-9-3-6-16-7-4-10-22(24(16)19)28-23-12-11-15-5-1-2-8-18(15)25(23)21(14-17)26(20)28/h1-14H. The normalized spacial score (nSPS) is 12.5. The van der Waals surface area contributed by atoms with Gasteiger partial charge in [-0.15, -0.1) is 0 Å². The predicted octanol–water partition coefficient (Wildman–Crippen LogP) is 7.91. The van der Waals surface area contributed by atoms with Crippen molar-refractivity contribution in [2.24, 2.45) is 0 Å². The largest absolute Gasteiger partial charge is 0.308 e. The van der Waals surface area contributed by atoms with E-state index in [4.69, 9.17) is 0 Å². The number of halogens is 1. The molecule has 0 aliphatic rings. The van der Waals surface area contributed by atoms with Gasteiger partial charge in [-0.25, -0.2) is 0 Å². The smallest absolute Gasteiger partial charge is 0.0620 e. The third kappa shape index (κ3) is 1.68. The Morgan fingerprint density at radius 3 is 2.18 bits per heavy atom. The fourth-order valence-corrected chi connectivity index (χ4v) is 5.53. The van der Waals surface area contributed by atoms with Crippen molar-refractivity contribution >= 4 is 75.6 Å². The van der Waals surface area contributed by atoms with Crippen LogP contribution in [0.25, 0.3) is 59.6 Å². The van der Waals surface area contributed by atoms with Crippen LogP contribution in [-0.4, -0.2) is 4.40 Å². The third-order valence-corrected chi connectivity index (χ3v) is 6.59. The van der Waals surface area contributed by atoms with Crippen molar-refractivity contribution in [3.63, 3.8) is 0 Å². The number of hydrogen-bond acceptors (Lipinski definition) is 0. The number of rotatable bonds is 0. The summed E-state index contributed by atoms with van der Waals surface area (Å²) < 4.78 is 3.59. The lowest BCUT2D eigenvalue weighted by Gasteiger charge is -2.13. The zero-order valence-electron chi connectivity index (χ0n) is 14.9. The number of hydrogen-bond donors (Lipinski definition) is 0. The van der Waals surface area contributed by atoms with E-state index in [0.29, 0.717) is 0 Å². The summed E-state index contributed by atoms with van der Waals surface area (Å²) in [6, 6.07) is 31.0. The maximum absolute atomic E-state index is 3.79. The molecule has 0 fully saturated rings.